The van der Waals surface area contributed by atoms with Crippen molar-refractivity contribution in [2.75, 3.05) is 18.9 Å². The lowest BCUT2D eigenvalue weighted by Gasteiger charge is -2.16. The lowest BCUT2D eigenvalue weighted by molar-refractivity contribution is -0.143. The summed E-state index contributed by atoms with van der Waals surface area (Å²) in [5, 5.41) is 6.35. The molecule has 0 aromatic heterocycles. The summed E-state index contributed by atoms with van der Waals surface area (Å²) in [5.74, 6) is 0.810. The Bertz CT molecular complexity index is 340. The number of fused-ring (bicyclic) bond motifs is 1. The summed E-state index contributed by atoms with van der Waals surface area (Å²) < 4.78 is 4.91. The van der Waals surface area contributed by atoms with Crippen LogP contribution in [0.1, 0.15) is 25.7 Å². The molecule has 19 heavy (non-hydrogen) atoms. The van der Waals surface area contributed by atoms with Crippen molar-refractivity contribution in [1.29, 1.82) is 0 Å². The van der Waals surface area contributed by atoms with Crippen molar-refractivity contribution in [1.82, 2.24) is 10.6 Å². The minimum absolute atomic E-state index is 0.0503. The summed E-state index contributed by atoms with van der Waals surface area (Å²) in [5.41, 5.74) is 5.25. The monoisotopic (exact) mass is 287 g/mol. The fraction of sp³-hybridized carbons (Fsp3) is 0.833. The number of unbranched alkanes of at least 4 members (excludes halogenated alkanes) is 1. The molecule has 0 aliphatic carbocycles. The lowest BCUT2D eigenvalue weighted by Crippen LogP contribution is -2.36. The summed E-state index contributed by atoms with van der Waals surface area (Å²) in [6.07, 6.45) is 3.29. The van der Waals surface area contributed by atoms with Gasteiger partial charge in [0.25, 0.3) is 0 Å². The van der Waals surface area contributed by atoms with Crippen LogP contribution in [0.25, 0.3) is 0 Å². The largest absolute Gasteiger partial charge is 0.464 e. The van der Waals surface area contributed by atoms with E-state index in [0.29, 0.717) is 24.8 Å². The molecule has 2 heterocycles. The maximum atomic E-state index is 11.3. The second-order valence-corrected chi connectivity index (χ2v) is 6.15. The van der Waals surface area contributed by atoms with Crippen LogP contribution in [0.3, 0.4) is 0 Å². The van der Waals surface area contributed by atoms with Gasteiger partial charge in [0.05, 0.1) is 12.1 Å². The van der Waals surface area contributed by atoms with Gasteiger partial charge >= 0.3 is 12.0 Å². The van der Waals surface area contributed by atoms with Gasteiger partial charge in [0.1, 0.15) is 6.61 Å². The average Bonchev–Trinajstić information content (AvgIpc) is 2.92. The molecule has 4 N–H and O–H groups in total. The van der Waals surface area contributed by atoms with Crippen molar-refractivity contribution in [3.05, 3.63) is 0 Å². The quantitative estimate of drug-likeness (QED) is 0.354. The van der Waals surface area contributed by atoms with E-state index in [4.69, 9.17) is 10.5 Å². The fourth-order valence-electron chi connectivity index (χ4n) is 2.50. The number of ether oxygens (including phenoxy) is 1. The Labute approximate surface area is 117 Å². The molecule has 108 valence electrons. The molecule has 2 aliphatic rings. The summed E-state index contributed by atoms with van der Waals surface area (Å²) in [4.78, 5) is 22.5. The first-order valence-electron chi connectivity index (χ1n) is 6.75. The van der Waals surface area contributed by atoms with Crippen molar-refractivity contribution in [3.8, 4) is 0 Å². The van der Waals surface area contributed by atoms with Crippen molar-refractivity contribution < 1.29 is 14.3 Å². The number of urea groups is 1. The molecule has 0 unspecified atom stereocenters. The zero-order valence-corrected chi connectivity index (χ0v) is 11.7. The normalized spacial score (nSPS) is 28.7. The van der Waals surface area contributed by atoms with Gasteiger partial charge in [0.15, 0.2) is 0 Å². The summed E-state index contributed by atoms with van der Waals surface area (Å²) in [6.45, 7) is 0.680. The number of hydrogen-bond acceptors (Lipinski definition) is 5. The van der Waals surface area contributed by atoms with E-state index in [9.17, 15) is 9.59 Å². The third kappa shape index (κ3) is 4.01. The third-order valence-electron chi connectivity index (χ3n) is 3.44. The van der Waals surface area contributed by atoms with Crippen molar-refractivity contribution in [2.24, 2.45) is 5.73 Å². The zero-order chi connectivity index (χ0) is 13.7. The average molecular weight is 287 g/mol. The number of rotatable bonds is 7. The number of hydrogen-bond donors (Lipinski definition) is 3. The number of esters is 1. The second kappa shape index (κ2) is 7.00. The number of thioether (sulfide) groups is 1. The molecule has 0 spiro atoms. The van der Waals surface area contributed by atoms with E-state index in [1.165, 1.54) is 0 Å². The second-order valence-electron chi connectivity index (χ2n) is 4.88. The Hall–Kier alpha value is -0.950. The minimum Gasteiger partial charge on any atom is -0.464 e. The van der Waals surface area contributed by atoms with Crippen LogP contribution in [-0.2, 0) is 9.53 Å². The molecule has 2 aliphatic heterocycles. The molecule has 3 atom stereocenters. The molecule has 7 heteroatoms. The highest BCUT2D eigenvalue weighted by atomic mass is 32.2. The molecule has 2 rings (SSSR count). The van der Waals surface area contributed by atoms with Gasteiger partial charge in [-0.05, 0) is 12.8 Å². The maximum Gasteiger partial charge on any atom is 0.315 e. The summed E-state index contributed by atoms with van der Waals surface area (Å²) >= 11 is 1.90. The van der Waals surface area contributed by atoms with Crippen LogP contribution in [0.4, 0.5) is 4.79 Å². The van der Waals surface area contributed by atoms with E-state index in [1.54, 1.807) is 0 Å². The van der Waals surface area contributed by atoms with Crippen LogP contribution in [0.5, 0.6) is 0 Å². The molecule has 2 amide bonds. The van der Waals surface area contributed by atoms with Gasteiger partial charge in [-0.1, -0.05) is 6.42 Å². The molecule has 0 aromatic rings. The highest BCUT2D eigenvalue weighted by Gasteiger charge is 2.42. The third-order valence-corrected chi connectivity index (χ3v) is 4.95. The Morgan fingerprint density at radius 3 is 3.05 bits per heavy atom. The van der Waals surface area contributed by atoms with Crippen LogP contribution in [-0.4, -0.2) is 48.2 Å². The molecule has 2 fully saturated rings. The molecule has 0 saturated carbocycles. The summed E-state index contributed by atoms with van der Waals surface area (Å²) in [7, 11) is 0. The number of nitrogens with two attached hydrogens (primary N) is 1. The maximum absolute atomic E-state index is 11.3. The van der Waals surface area contributed by atoms with Crippen LogP contribution >= 0.6 is 11.8 Å². The van der Waals surface area contributed by atoms with Gasteiger partial charge in [-0.15, -0.1) is 0 Å². The standard InChI is InChI=1S/C12H21N3O3S/c13-5-6-18-10(16)4-2-1-3-9-11-8(7-19-9)14-12(17)15-11/h8-9,11H,1-7,13H2,(H2,14,15,17)/t8-,9-,11-/m0/s1. The van der Waals surface area contributed by atoms with Gasteiger partial charge in [0, 0.05) is 24.0 Å². The highest BCUT2D eigenvalue weighted by molar-refractivity contribution is 8.00. The van der Waals surface area contributed by atoms with E-state index in [0.717, 1.165) is 25.0 Å². The Balaban J connectivity index is 1.59. The number of amides is 2. The Morgan fingerprint density at radius 2 is 2.26 bits per heavy atom. The van der Waals surface area contributed by atoms with Crippen LogP contribution in [0.15, 0.2) is 0 Å². The van der Waals surface area contributed by atoms with Crippen molar-refractivity contribution in [2.45, 2.75) is 43.0 Å². The van der Waals surface area contributed by atoms with E-state index >= 15 is 0 Å². The molecule has 0 radical (unpaired) electrons. The zero-order valence-electron chi connectivity index (χ0n) is 10.9. The molecular formula is C12H21N3O3S. The van der Waals surface area contributed by atoms with Crippen molar-refractivity contribution >= 4 is 23.8 Å². The van der Waals surface area contributed by atoms with Crippen LogP contribution in [0, 0.1) is 0 Å². The predicted molar refractivity (Wildman–Crippen MR) is 74.0 cm³/mol. The van der Waals surface area contributed by atoms with Gasteiger partial charge in [-0.3, -0.25) is 4.79 Å². The summed E-state index contributed by atoms with van der Waals surface area (Å²) in [6, 6.07) is 0.476. The molecule has 0 aromatic carbocycles. The van der Waals surface area contributed by atoms with Gasteiger partial charge < -0.3 is 21.1 Å². The Kier molecular flexibility index (Phi) is 5.33. The number of carbonyl (C=O) groups excluding carboxylic acids is 2. The number of nitrogens with one attached hydrogen (secondary N) is 2. The topological polar surface area (TPSA) is 93.4 Å². The van der Waals surface area contributed by atoms with Gasteiger partial charge in [0.2, 0.25) is 0 Å². The van der Waals surface area contributed by atoms with E-state index in [-0.39, 0.29) is 24.1 Å². The first kappa shape index (κ1) is 14.5. The first-order valence-corrected chi connectivity index (χ1v) is 7.80. The van der Waals surface area contributed by atoms with Gasteiger partial charge in [-0.2, -0.15) is 11.8 Å². The molecular weight excluding hydrogens is 266 g/mol. The van der Waals surface area contributed by atoms with E-state index in [1.807, 2.05) is 11.8 Å². The SMILES string of the molecule is NCCOC(=O)CCCC[C@@H]1SC[C@@H]2NC(=O)N[C@@H]21. The smallest absolute Gasteiger partial charge is 0.315 e. The van der Waals surface area contributed by atoms with E-state index in [2.05, 4.69) is 10.6 Å². The fourth-order valence-corrected chi connectivity index (χ4v) is 4.05. The van der Waals surface area contributed by atoms with Crippen LogP contribution in [0.2, 0.25) is 0 Å². The van der Waals surface area contributed by atoms with Crippen LogP contribution < -0.4 is 16.4 Å². The van der Waals surface area contributed by atoms with E-state index < -0.39 is 0 Å². The highest BCUT2D eigenvalue weighted by Crippen LogP contribution is 2.33. The predicted octanol–water partition coefficient (Wildman–Crippen LogP) is 0.214. The minimum atomic E-state index is -0.168. The Morgan fingerprint density at radius 1 is 1.42 bits per heavy atom. The van der Waals surface area contributed by atoms with Crippen molar-refractivity contribution in [3.63, 3.8) is 0 Å². The first-order chi connectivity index (χ1) is 9.20. The lowest BCUT2D eigenvalue weighted by atomic mass is 10.0. The molecule has 2 saturated heterocycles. The molecule has 6 nitrogen and oxygen atoms in total. The van der Waals surface area contributed by atoms with Gasteiger partial charge in [-0.25, -0.2) is 4.79 Å². The molecule has 0 bridgehead atoms. The number of carbonyl (C=O) groups is 2.